The molecule has 0 aliphatic heterocycles. The first-order chi connectivity index (χ1) is 10.8. The zero-order valence-corrected chi connectivity index (χ0v) is 14.5. The lowest BCUT2D eigenvalue weighted by molar-refractivity contribution is -0.138. The molecule has 1 rings (SSSR count). The number of ether oxygens (including phenoxy) is 2. The third kappa shape index (κ3) is 5.25. The van der Waals surface area contributed by atoms with E-state index in [1.54, 1.807) is 27.0 Å². The summed E-state index contributed by atoms with van der Waals surface area (Å²) in [5.41, 5.74) is 0.350. The third-order valence-corrected chi connectivity index (χ3v) is 3.55. The fourth-order valence-electron chi connectivity index (χ4n) is 1.94. The van der Waals surface area contributed by atoms with Crippen LogP contribution in [0, 0.1) is 12.3 Å². The summed E-state index contributed by atoms with van der Waals surface area (Å²) < 4.78 is 10.2. The Kier molecular flexibility index (Phi) is 7.03. The van der Waals surface area contributed by atoms with Gasteiger partial charge in [-0.2, -0.15) is 0 Å². The van der Waals surface area contributed by atoms with E-state index in [1.807, 2.05) is 19.1 Å². The van der Waals surface area contributed by atoms with E-state index in [2.05, 4.69) is 10.6 Å². The first kappa shape index (κ1) is 19.0. The highest BCUT2D eigenvalue weighted by Crippen LogP contribution is 2.27. The van der Waals surface area contributed by atoms with E-state index in [-0.39, 0.29) is 11.8 Å². The maximum atomic E-state index is 12.5. The molecule has 0 saturated carbocycles. The van der Waals surface area contributed by atoms with Crippen LogP contribution >= 0.6 is 0 Å². The smallest absolute Gasteiger partial charge is 0.239 e. The van der Waals surface area contributed by atoms with E-state index in [4.69, 9.17) is 9.47 Å². The van der Waals surface area contributed by atoms with Crippen LogP contribution in [0.1, 0.15) is 25.8 Å². The van der Waals surface area contributed by atoms with Crippen molar-refractivity contribution in [1.82, 2.24) is 5.32 Å². The second-order valence-electron chi connectivity index (χ2n) is 5.89. The first-order valence-corrected chi connectivity index (χ1v) is 7.56. The predicted molar refractivity (Wildman–Crippen MR) is 89.6 cm³/mol. The molecule has 0 radical (unpaired) electrons. The minimum absolute atomic E-state index is 0.322. The normalized spacial score (nSPS) is 11.0. The van der Waals surface area contributed by atoms with Crippen LogP contribution in [-0.4, -0.2) is 39.2 Å². The average molecular weight is 322 g/mol. The molecule has 2 amide bonds. The summed E-state index contributed by atoms with van der Waals surface area (Å²) in [6, 6.07) is 5.48. The topological polar surface area (TPSA) is 76.7 Å². The van der Waals surface area contributed by atoms with Crippen LogP contribution in [0.2, 0.25) is 0 Å². The molecule has 0 bridgehead atoms. The number of hydrogen-bond donors (Lipinski definition) is 2. The Labute approximate surface area is 137 Å². The second kappa shape index (κ2) is 8.53. The zero-order chi connectivity index (χ0) is 17.5. The molecule has 0 saturated heterocycles. The van der Waals surface area contributed by atoms with Gasteiger partial charge in [-0.1, -0.05) is 6.07 Å². The van der Waals surface area contributed by atoms with Crippen molar-refractivity contribution in [2.75, 3.05) is 32.7 Å². The van der Waals surface area contributed by atoms with Crippen molar-refractivity contribution in [2.45, 2.75) is 27.2 Å². The number of carbonyl (C=O) groups is 2. The number of rotatable bonds is 8. The molecule has 2 N–H and O–H groups in total. The number of hydrogen-bond acceptors (Lipinski definition) is 4. The van der Waals surface area contributed by atoms with Crippen LogP contribution in [0.3, 0.4) is 0 Å². The molecule has 23 heavy (non-hydrogen) atoms. The second-order valence-corrected chi connectivity index (χ2v) is 5.89. The van der Waals surface area contributed by atoms with E-state index in [0.717, 1.165) is 5.56 Å². The van der Waals surface area contributed by atoms with Gasteiger partial charge in [-0.15, -0.1) is 0 Å². The van der Waals surface area contributed by atoms with E-state index in [1.165, 1.54) is 7.11 Å². The number of carbonyl (C=O) groups excluding carboxylic acids is 2. The largest absolute Gasteiger partial charge is 0.495 e. The summed E-state index contributed by atoms with van der Waals surface area (Å²) in [4.78, 5) is 24.7. The minimum Gasteiger partial charge on any atom is -0.495 e. The first-order valence-electron chi connectivity index (χ1n) is 7.56. The molecule has 1 aromatic rings. The molecule has 128 valence electrons. The van der Waals surface area contributed by atoms with Gasteiger partial charge in [-0.05, 0) is 44.9 Å². The fourth-order valence-corrected chi connectivity index (χ4v) is 1.94. The molecular weight excluding hydrogens is 296 g/mol. The molecular formula is C17H26N2O4. The average Bonchev–Trinajstić information content (AvgIpc) is 2.51. The fraction of sp³-hybridized carbons (Fsp3) is 0.529. The van der Waals surface area contributed by atoms with Gasteiger partial charge < -0.3 is 20.1 Å². The Hall–Kier alpha value is -2.08. The van der Waals surface area contributed by atoms with Crippen LogP contribution in [0.5, 0.6) is 5.75 Å². The van der Waals surface area contributed by atoms with E-state index >= 15 is 0 Å². The predicted octanol–water partition coefficient (Wildman–Crippen LogP) is 2.12. The summed E-state index contributed by atoms with van der Waals surface area (Å²) in [6.45, 7) is 6.14. The molecule has 0 spiro atoms. The van der Waals surface area contributed by atoms with Gasteiger partial charge in [0.05, 0.1) is 12.8 Å². The van der Waals surface area contributed by atoms with Gasteiger partial charge in [0.15, 0.2) is 0 Å². The standard InChI is InChI=1S/C17H26N2O4/c1-12-7-8-14(23-5)13(11-12)19-16(21)17(2,3)15(20)18-9-6-10-22-4/h7-8,11H,6,9-10H2,1-5H3,(H,18,20)(H,19,21). The Morgan fingerprint density at radius 3 is 2.48 bits per heavy atom. The summed E-state index contributed by atoms with van der Waals surface area (Å²) in [5.74, 6) is -0.149. The minimum atomic E-state index is -1.19. The van der Waals surface area contributed by atoms with Crippen molar-refractivity contribution in [2.24, 2.45) is 5.41 Å². The molecule has 0 atom stereocenters. The Morgan fingerprint density at radius 2 is 1.87 bits per heavy atom. The van der Waals surface area contributed by atoms with Crippen molar-refractivity contribution in [1.29, 1.82) is 0 Å². The molecule has 0 heterocycles. The quantitative estimate of drug-likeness (QED) is 0.568. The van der Waals surface area contributed by atoms with Gasteiger partial charge in [0.2, 0.25) is 11.8 Å². The lowest BCUT2D eigenvalue weighted by atomic mass is 9.91. The van der Waals surface area contributed by atoms with Crippen LogP contribution in [0.25, 0.3) is 0 Å². The molecule has 6 nitrogen and oxygen atoms in total. The number of methoxy groups -OCH3 is 2. The Bertz CT molecular complexity index is 556. The molecule has 0 aliphatic rings. The number of amides is 2. The highest BCUT2D eigenvalue weighted by atomic mass is 16.5. The number of aryl methyl sites for hydroxylation is 1. The van der Waals surface area contributed by atoms with Crippen molar-refractivity contribution >= 4 is 17.5 Å². The van der Waals surface area contributed by atoms with Crippen molar-refractivity contribution in [3.05, 3.63) is 23.8 Å². The molecule has 6 heteroatoms. The van der Waals surface area contributed by atoms with Gasteiger partial charge >= 0.3 is 0 Å². The number of benzene rings is 1. The van der Waals surface area contributed by atoms with Crippen molar-refractivity contribution in [3.8, 4) is 5.75 Å². The van der Waals surface area contributed by atoms with E-state index < -0.39 is 5.41 Å². The zero-order valence-electron chi connectivity index (χ0n) is 14.5. The lowest BCUT2D eigenvalue weighted by Gasteiger charge is -2.23. The molecule has 0 unspecified atom stereocenters. The van der Waals surface area contributed by atoms with Crippen molar-refractivity contribution < 1.29 is 19.1 Å². The third-order valence-electron chi connectivity index (χ3n) is 3.55. The summed E-state index contributed by atoms with van der Waals surface area (Å²) in [5, 5.41) is 5.53. The maximum Gasteiger partial charge on any atom is 0.239 e. The van der Waals surface area contributed by atoms with E-state index in [0.29, 0.717) is 31.0 Å². The monoisotopic (exact) mass is 322 g/mol. The Morgan fingerprint density at radius 1 is 1.17 bits per heavy atom. The molecule has 1 aromatic carbocycles. The van der Waals surface area contributed by atoms with E-state index in [9.17, 15) is 9.59 Å². The maximum absolute atomic E-state index is 12.5. The van der Waals surface area contributed by atoms with Crippen LogP contribution in [0.4, 0.5) is 5.69 Å². The van der Waals surface area contributed by atoms with Gasteiger partial charge in [0.1, 0.15) is 11.2 Å². The summed E-state index contributed by atoms with van der Waals surface area (Å²) in [6.07, 6.45) is 0.700. The number of nitrogens with one attached hydrogen (secondary N) is 2. The molecule has 0 aliphatic carbocycles. The lowest BCUT2D eigenvalue weighted by Crippen LogP contribution is -2.45. The van der Waals surface area contributed by atoms with Gasteiger partial charge in [0.25, 0.3) is 0 Å². The summed E-state index contributed by atoms with van der Waals surface area (Å²) >= 11 is 0. The SMILES string of the molecule is COCCCNC(=O)C(C)(C)C(=O)Nc1cc(C)ccc1OC. The van der Waals surface area contributed by atoms with Crippen LogP contribution < -0.4 is 15.4 Å². The molecule has 0 fully saturated rings. The number of anilines is 1. The highest BCUT2D eigenvalue weighted by Gasteiger charge is 2.36. The highest BCUT2D eigenvalue weighted by molar-refractivity contribution is 6.10. The van der Waals surface area contributed by atoms with Crippen LogP contribution in [0.15, 0.2) is 18.2 Å². The summed E-state index contributed by atoms with van der Waals surface area (Å²) in [7, 11) is 3.14. The van der Waals surface area contributed by atoms with Crippen LogP contribution in [-0.2, 0) is 14.3 Å². The molecule has 0 aromatic heterocycles. The van der Waals surface area contributed by atoms with Gasteiger partial charge in [-0.3, -0.25) is 9.59 Å². The van der Waals surface area contributed by atoms with Gasteiger partial charge in [-0.25, -0.2) is 0 Å². The Balaban J connectivity index is 2.75. The van der Waals surface area contributed by atoms with Gasteiger partial charge in [0, 0.05) is 20.3 Å². The van der Waals surface area contributed by atoms with Crippen molar-refractivity contribution in [3.63, 3.8) is 0 Å².